The second-order valence-corrected chi connectivity index (χ2v) is 7.22. The Morgan fingerprint density at radius 3 is 2.52 bits per heavy atom. The monoisotopic (exact) mass is 289 g/mol. The van der Waals surface area contributed by atoms with Crippen LogP contribution in [0.5, 0.6) is 5.75 Å². The Hall–Kier alpha value is -1.02. The van der Waals surface area contributed by atoms with E-state index >= 15 is 0 Å². The smallest absolute Gasteiger partial charge is 0.119 e. The molecule has 0 aliphatic heterocycles. The summed E-state index contributed by atoms with van der Waals surface area (Å²) in [6.45, 7) is 8.58. The molecular weight excluding hydrogens is 258 g/mol. The first kappa shape index (κ1) is 16.4. The molecule has 0 bridgehead atoms. The standard InChI is InChI=1S/C19H31NO/c1-19(2,3)20-13-7-4-8-14-21-18-12-11-16-9-5-6-10-17(16)15-18/h11-12,15,20H,4-10,13-14H2,1-3H3. The molecule has 0 fully saturated rings. The Balaban J connectivity index is 1.61. The normalized spacial score (nSPS) is 14.8. The average molecular weight is 289 g/mol. The van der Waals surface area contributed by atoms with Crippen LogP contribution >= 0.6 is 0 Å². The number of aryl methyl sites for hydroxylation is 2. The molecule has 0 atom stereocenters. The van der Waals surface area contributed by atoms with Crippen molar-refractivity contribution in [2.45, 2.75) is 71.3 Å². The van der Waals surface area contributed by atoms with Crippen molar-refractivity contribution in [3.05, 3.63) is 29.3 Å². The largest absolute Gasteiger partial charge is 0.494 e. The number of hydrogen-bond acceptors (Lipinski definition) is 2. The Kier molecular flexibility index (Phi) is 6.10. The minimum Gasteiger partial charge on any atom is -0.494 e. The first-order valence-electron chi connectivity index (χ1n) is 8.54. The summed E-state index contributed by atoms with van der Waals surface area (Å²) in [7, 11) is 0. The summed E-state index contributed by atoms with van der Waals surface area (Å²) >= 11 is 0. The Morgan fingerprint density at radius 1 is 1.00 bits per heavy atom. The van der Waals surface area contributed by atoms with Gasteiger partial charge in [-0.05, 0) is 95.5 Å². The molecule has 2 rings (SSSR count). The van der Waals surface area contributed by atoms with E-state index in [0.29, 0.717) is 0 Å². The number of hydrogen-bond donors (Lipinski definition) is 1. The van der Waals surface area contributed by atoms with E-state index in [1.807, 2.05) is 0 Å². The van der Waals surface area contributed by atoms with Crippen molar-refractivity contribution in [3.63, 3.8) is 0 Å². The van der Waals surface area contributed by atoms with Gasteiger partial charge in [-0.1, -0.05) is 6.07 Å². The minimum atomic E-state index is 0.236. The number of benzene rings is 1. The summed E-state index contributed by atoms with van der Waals surface area (Å²) in [4.78, 5) is 0. The molecule has 2 heteroatoms. The molecule has 0 heterocycles. The zero-order chi connectivity index (χ0) is 15.1. The maximum Gasteiger partial charge on any atom is 0.119 e. The van der Waals surface area contributed by atoms with Crippen LogP contribution in [-0.4, -0.2) is 18.7 Å². The Labute approximate surface area is 130 Å². The van der Waals surface area contributed by atoms with Gasteiger partial charge >= 0.3 is 0 Å². The molecule has 1 aliphatic rings. The predicted octanol–water partition coefficient (Wildman–Crippen LogP) is 4.50. The average Bonchev–Trinajstić information content (AvgIpc) is 2.45. The van der Waals surface area contributed by atoms with Crippen LogP contribution in [0.3, 0.4) is 0 Å². The van der Waals surface area contributed by atoms with Gasteiger partial charge in [0, 0.05) is 5.54 Å². The summed E-state index contributed by atoms with van der Waals surface area (Å²) in [5.41, 5.74) is 3.27. The fourth-order valence-corrected chi connectivity index (χ4v) is 2.86. The molecule has 1 aromatic carbocycles. The van der Waals surface area contributed by atoms with E-state index in [0.717, 1.165) is 25.3 Å². The second kappa shape index (κ2) is 7.84. The predicted molar refractivity (Wildman–Crippen MR) is 90.2 cm³/mol. The van der Waals surface area contributed by atoms with Crippen LogP contribution in [0.1, 0.15) is 64.0 Å². The zero-order valence-electron chi connectivity index (χ0n) is 14.0. The van der Waals surface area contributed by atoms with Crippen molar-refractivity contribution in [1.29, 1.82) is 0 Å². The minimum absolute atomic E-state index is 0.236. The molecule has 1 aliphatic carbocycles. The van der Waals surface area contributed by atoms with Crippen molar-refractivity contribution < 1.29 is 4.74 Å². The third kappa shape index (κ3) is 6.09. The highest BCUT2D eigenvalue weighted by Gasteiger charge is 2.10. The van der Waals surface area contributed by atoms with E-state index in [4.69, 9.17) is 4.74 Å². The summed E-state index contributed by atoms with van der Waals surface area (Å²) in [5, 5.41) is 3.52. The van der Waals surface area contributed by atoms with Crippen LogP contribution in [0.25, 0.3) is 0 Å². The lowest BCUT2D eigenvalue weighted by Crippen LogP contribution is -2.36. The van der Waals surface area contributed by atoms with Gasteiger partial charge < -0.3 is 10.1 Å². The van der Waals surface area contributed by atoms with Crippen LogP contribution in [0.2, 0.25) is 0 Å². The van der Waals surface area contributed by atoms with E-state index < -0.39 is 0 Å². The maximum atomic E-state index is 5.90. The Morgan fingerprint density at radius 2 is 1.76 bits per heavy atom. The van der Waals surface area contributed by atoms with E-state index in [1.54, 1.807) is 0 Å². The summed E-state index contributed by atoms with van der Waals surface area (Å²) < 4.78 is 5.90. The molecule has 2 nitrogen and oxygen atoms in total. The first-order valence-corrected chi connectivity index (χ1v) is 8.54. The highest BCUT2D eigenvalue weighted by molar-refractivity contribution is 5.37. The van der Waals surface area contributed by atoms with Crippen molar-refractivity contribution in [3.8, 4) is 5.75 Å². The molecule has 0 amide bonds. The van der Waals surface area contributed by atoms with Gasteiger partial charge in [-0.25, -0.2) is 0 Å². The van der Waals surface area contributed by atoms with E-state index in [-0.39, 0.29) is 5.54 Å². The van der Waals surface area contributed by atoms with Gasteiger partial charge in [-0.2, -0.15) is 0 Å². The fourth-order valence-electron chi connectivity index (χ4n) is 2.86. The van der Waals surface area contributed by atoms with Crippen molar-refractivity contribution in [1.82, 2.24) is 5.32 Å². The summed E-state index contributed by atoms with van der Waals surface area (Å²) in [6, 6.07) is 6.66. The SMILES string of the molecule is CC(C)(C)NCCCCCOc1ccc2c(c1)CCCC2. The molecular formula is C19H31NO. The highest BCUT2D eigenvalue weighted by Crippen LogP contribution is 2.25. The van der Waals surface area contributed by atoms with Crippen LogP contribution in [-0.2, 0) is 12.8 Å². The van der Waals surface area contributed by atoms with E-state index in [9.17, 15) is 0 Å². The highest BCUT2D eigenvalue weighted by atomic mass is 16.5. The van der Waals surface area contributed by atoms with Gasteiger partial charge in [0.2, 0.25) is 0 Å². The molecule has 21 heavy (non-hydrogen) atoms. The first-order chi connectivity index (χ1) is 10.0. The van der Waals surface area contributed by atoms with Crippen LogP contribution in [0.15, 0.2) is 18.2 Å². The van der Waals surface area contributed by atoms with Gasteiger partial charge in [0.1, 0.15) is 5.75 Å². The van der Waals surface area contributed by atoms with Crippen LogP contribution in [0, 0.1) is 0 Å². The van der Waals surface area contributed by atoms with Gasteiger partial charge in [0.05, 0.1) is 6.61 Å². The number of fused-ring (bicyclic) bond motifs is 1. The van der Waals surface area contributed by atoms with Crippen molar-refractivity contribution in [2.75, 3.05) is 13.2 Å². The Bertz CT molecular complexity index is 434. The molecule has 0 radical (unpaired) electrons. The lowest BCUT2D eigenvalue weighted by Gasteiger charge is -2.20. The van der Waals surface area contributed by atoms with Crippen LogP contribution < -0.4 is 10.1 Å². The molecule has 0 unspecified atom stereocenters. The number of rotatable bonds is 7. The van der Waals surface area contributed by atoms with Crippen molar-refractivity contribution in [2.24, 2.45) is 0 Å². The van der Waals surface area contributed by atoms with Gasteiger partial charge in [-0.3, -0.25) is 0 Å². The zero-order valence-corrected chi connectivity index (χ0v) is 14.0. The van der Waals surface area contributed by atoms with Gasteiger partial charge in [0.15, 0.2) is 0 Å². The van der Waals surface area contributed by atoms with Crippen LogP contribution in [0.4, 0.5) is 0 Å². The number of nitrogens with one attached hydrogen (secondary N) is 1. The van der Waals surface area contributed by atoms with E-state index in [1.165, 1.54) is 49.7 Å². The van der Waals surface area contributed by atoms with E-state index in [2.05, 4.69) is 44.3 Å². The molecule has 0 aromatic heterocycles. The van der Waals surface area contributed by atoms with Crippen molar-refractivity contribution >= 4 is 0 Å². The number of unbranched alkanes of at least 4 members (excludes halogenated alkanes) is 2. The fraction of sp³-hybridized carbons (Fsp3) is 0.684. The van der Waals surface area contributed by atoms with Gasteiger partial charge in [0.25, 0.3) is 0 Å². The quantitative estimate of drug-likeness (QED) is 0.746. The molecule has 1 aromatic rings. The summed E-state index contributed by atoms with van der Waals surface area (Å²) in [5.74, 6) is 1.06. The van der Waals surface area contributed by atoms with Gasteiger partial charge in [-0.15, -0.1) is 0 Å². The molecule has 0 spiro atoms. The molecule has 0 saturated carbocycles. The number of ether oxygens (including phenoxy) is 1. The molecule has 0 saturated heterocycles. The molecule has 118 valence electrons. The summed E-state index contributed by atoms with van der Waals surface area (Å²) in [6.07, 6.45) is 8.75. The third-order valence-corrected chi connectivity index (χ3v) is 4.07. The lowest BCUT2D eigenvalue weighted by atomic mass is 9.92. The maximum absolute atomic E-state index is 5.90. The second-order valence-electron chi connectivity index (χ2n) is 7.22. The molecule has 1 N–H and O–H groups in total. The third-order valence-electron chi connectivity index (χ3n) is 4.07. The topological polar surface area (TPSA) is 21.3 Å². The lowest BCUT2D eigenvalue weighted by molar-refractivity contribution is 0.302.